The third-order valence-corrected chi connectivity index (χ3v) is 2.61. The molecule has 0 fully saturated rings. The summed E-state index contributed by atoms with van der Waals surface area (Å²) in [5.41, 5.74) is 0. The van der Waals surface area contributed by atoms with Gasteiger partial charge in [-0.3, -0.25) is 4.79 Å². The van der Waals surface area contributed by atoms with Crippen molar-refractivity contribution in [3.63, 3.8) is 0 Å². The molecule has 1 rings (SSSR count). The Morgan fingerprint density at radius 1 is 1.25 bits per heavy atom. The lowest BCUT2D eigenvalue weighted by Gasteiger charge is -2.10. The molecule has 0 aliphatic carbocycles. The first-order valence-corrected chi connectivity index (χ1v) is 6.52. The predicted octanol–water partition coefficient (Wildman–Crippen LogP) is 1.48. The molecule has 6 heteroatoms. The number of benzene rings is 1. The molecule has 3 N–H and O–H groups in total. The molecule has 110 valence electrons. The highest BCUT2D eigenvalue weighted by Crippen LogP contribution is 2.07. The van der Waals surface area contributed by atoms with Gasteiger partial charge in [-0.1, -0.05) is 25.1 Å². The van der Waals surface area contributed by atoms with Crippen LogP contribution in [0.25, 0.3) is 0 Å². The lowest BCUT2D eigenvalue weighted by molar-refractivity contribution is -0.140. The van der Waals surface area contributed by atoms with E-state index in [9.17, 15) is 9.59 Å². The predicted molar refractivity (Wildman–Crippen MR) is 74.8 cm³/mol. The number of nitrogens with one attached hydrogen (secondary N) is 2. The summed E-state index contributed by atoms with van der Waals surface area (Å²) < 4.78 is 5.47. The van der Waals surface area contributed by atoms with E-state index >= 15 is 0 Å². The van der Waals surface area contributed by atoms with Gasteiger partial charge in [-0.25, -0.2) is 4.79 Å². The third kappa shape index (κ3) is 6.63. The maximum Gasteiger partial charge on any atom is 0.314 e. The Morgan fingerprint density at radius 3 is 2.60 bits per heavy atom. The van der Waals surface area contributed by atoms with Crippen LogP contribution in [0.5, 0.6) is 5.75 Å². The molecule has 0 aliphatic rings. The van der Waals surface area contributed by atoms with Gasteiger partial charge in [0.1, 0.15) is 5.75 Å². The number of ether oxygens (including phenoxy) is 1. The van der Waals surface area contributed by atoms with E-state index in [1.54, 1.807) is 0 Å². The Labute approximate surface area is 118 Å². The fraction of sp³-hybridized carbons (Fsp3) is 0.429. The number of carboxylic acid groups (broad SMARTS) is 1. The van der Waals surface area contributed by atoms with E-state index in [-0.39, 0.29) is 12.6 Å². The highest BCUT2D eigenvalue weighted by atomic mass is 16.5. The van der Waals surface area contributed by atoms with Crippen LogP contribution in [0.2, 0.25) is 0 Å². The molecule has 1 unspecified atom stereocenters. The van der Waals surface area contributed by atoms with Crippen LogP contribution in [-0.2, 0) is 4.79 Å². The zero-order chi connectivity index (χ0) is 14.8. The van der Waals surface area contributed by atoms with Crippen molar-refractivity contribution in [2.24, 2.45) is 5.92 Å². The van der Waals surface area contributed by atoms with Crippen LogP contribution >= 0.6 is 0 Å². The molecule has 6 nitrogen and oxygen atoms in total. The molecule has 0 radical (unpaired) electrons. The molecule has 1 aromatic carbocycles. The number of carbonyl (C=O) groups excluding carboxylic acids is 1. The van der Waals surface area contributed by atoms with Crippen LogP contribution in [0, 0.1) is 5.92 Å². The Kier molecular flexibility index (Phi) is 6.95. The number of aliphatic carboxylic acids is 1. The van der Waals surface area contributed by atoms with Gasteiger partial charge in [-0.15, -0.1) is 0 Å². The molecule has 0 heterocycles. The van der Waals surface area contributed by atoms with Gasteiger partial charge < -0.3 is 20.5 Å². The fourth-order valence-corrected chi connectivity index (χ4v) is 1.38. The molecular formula is C14H20N2O4. The number of carbonyl (C=O) groups is 2. The summed E-state index contributed by atoms with van der Waals surface area (Å²) >= 11 is 0. The second kappa shape index (κ2) is 8.79. The zero-order valence-corrected chi connectivity index (χ0v) is 11.5. The number of hydrogen-bond acceptors (Lipinski definition) is 3. The van der Waals surface area contributed by atoms with Gasteiger partial charge in [-0.2, -0.15) is 0 Å². The number of hydrogen-bond donors (Lipinski definition) is 3. The van der Waals surface area contributed by atoms with Crippen molar-refractivity contribution < 1.29 is 19.4 Å². The number of carboxylic acids is 1. The lowest BCUT2D eigenvalue weighted by atomic mass is 10.2. The maximum absolute atomic E-state index is 11.3. The van der Waals surface area contributed by atoms with Gasteiger partial charge in [0.25, 0.3) is 0 Å². The van der Waals surface area contributed by atoms with Crippen molar-refractivity contribution in [2.75, 3.05) is 19.7 Å². The minimum Gasteiger partial charge on any atom is -0.494 e. The van der Waals surface area contributed by atoms with E-state index in [0.29, 0.717) is 19.6 Å². The molecule has 0 saturated heterocycles. The molecule has 20 heavy (non-hydrogen) atoms. The standard InChI is InChI=1S/C14H20N2O4/c1-11(13(17)18)10-16-14(19)15-8-5-9-20-12-6-3-2-4-7-12/h2-4,6-7,11H,5,8-10H2,1H3,(H,17,18)(H2,15,16,19). The van der Waals surface area contributed by atoms with Crippen molar-refractivity contribution in [1.82, 2.24) is 10.6 Å². The first-order chi connectivity index (χ1) is 9.59. The molecule has 0 aliphatic heterocycles. The van der Waals surface area contributed by atoms with E-state index in [2.05, 4.69) is 10.6 Å². The van der Waals surface area contributed by atoms with Crippen LogP contribution in [-0.4, -0.2) is 36.8 Å². The number of urea groups is 1. The second-order valence-corrected chi connectivity index (χ2v) is 4.39. The minimum absolute atomic E-state index is 0.113. The van der Waals surface area contributed by atoms with Gasteiger partial charge >= 0.3 is 12.0 Å². The van der Waals surface area contributed by atoms with Crippen LogP contribution in [0.15, 0.2) is 30.3 Å². The molecule has 0 bridgehead atoms. The summed E-state index contributed by atoms with van der Waals surface area (Å²) in [5, 5.41) is 13.8. The quantitative estimate of drug-likeness (QED) is 0.629. The normalized spacial score (nSPS) is 11.4. The summed E-state index contributed by atoms with van der Waals surface area (Å²) in [6.07, 6.45) is 0.677. The zero-order valence-electron chi connectivity index (χ0n) is 11.5. The number of rotatable bonds is 8. The first kappa shape index (κ1) is 15.8. The Balaban J connectivity index is 2.03. The largest absolute Gasteiger partial charge is 0.494 e. The smallest absolute Gasteiger partial charge is 0.314 e. The Morgan fingerprint density at radius 2 is 1.95 bits per heavy atom. The third-order valence-electron chi connectivity index (χ3n) is 2.61. The number of para-hydroxylation sites is 1. The summed E-state index contributed by atoms with van der Waals surface area (Å²) in [7, 11) is 0. The van der Waals surface area contributed by atoms with Crippen LogP contribution < -0.4 is 15.4 Å². The Hall–Kier alpha value is -2.24. The highest BCUT2D eigenvalue weighted by molar-refractivity contribution is 5.75. The van der Waals surface area contributed by atoms with E-state index in [1.807, 2.05) is 30.3 Å². The lowest BCUT2D eigenvalue weighted by Crippen LogP contribution is -2.39. The molecular weight excluding hydrogens is 260 g/mol. The van der Waals surface area contributed by atoms with Crippen molar-refractivity contribution in [1.29, 1.82) is 0 Å². The van der Waals surface area contributed by atoms with Gasteiger partial charge in [0.15, 0.2) is 0 Å². The average molecular weight is 280 g/mol. The summed E-state index contributed by atoms with van der Waals surface area (Å²) in [5.74, 6) is -0.726. The topological polar surface area (TPSA) is 87.7 Å². The SMILES string of the molecule is CC(CNC(=O)NCCCOc1ccccc1)C(=O)O. The van der Waals surface area contributed by atoms with Gasteiger partial charge in [0.05, 0.1) is 12.5 Å². The monoisotopic (exact) mass is 280 g/mol. The van der Waals surface area contributed by atoms with E-state index in [1.165, 1.54) is 6.92 Å². The van der Waals surface area contributed by atoms with Gasteiger partial charge in [-0.05, 0) is 18.6 Å². The van der Waals surface area contributed by atoms with Gasteiger partial charge in [0, 0.05) is 13.1 Å². The summed E-state index contributed by atoms with van der Waals surface area (Å²) in [4.78, 5) is 21.9. The second-order valence-electron chi connectivity index (χ2n) is 4.39. The average Bonchev–Trinajstić information content (AvgIpc) is 2.45. The first-order valence-electron chi connectivity index (χ1n) is 6.52. The Bertz CT molecular complexity index is 422. The van der Waals surface area contributed by atoms with Crippen LogP contribution in [0.3, 0.4) is 0 Å². The van der Waals surface area contributed by atoms with Crippen LogP contribution in [0.1, 0.15) is 13.3 Å². The van der Waals surface area contributed by atoms with Crippen molar-refractivity contribution in [2.45, 2.75) is 13.3 Å². The minimum atomic E-state index is -0.929. The highest BCUT2D eigenvalue weighted by Gasteiger charge is 2.11. The van der Waals surface area contributed by atoms with Gasteiger partial charge in [0.2, 0.25) is 0 Å². The molecule has 0 aromatic heterocycles. The molecule has 1 aromatic rings. The van der Waals surface area contributed by atoms with Crippen molar-refractivity contribution in [3.8, 4) is 5.75 Å². The van der Waals surface area contributed by atoms with E-state index < -0.39 is 11.9 Å². The maximum atomic E-state index is 11.3. The molecule has 2 amide bonds. The van der Waals surface area contributed by atoms with Crippen molar-refractivity contribution >= 4 is 12.0 Å². The molecule has 0 spiro atoms. The van der Waals surface area contributed by atoms with Crippen LogP contribution in [0.4, 0.5) is 4.79 Å². The molecule has 0 saturated carbocycles. The number of amides is 2. The summed E-state index contributed by atoms with van der Waals surface area (Å²) in [6.45, 7) is 2.63. The fourth-order valence-electron chi connectivity index (χ4n) is 1.38. The van der Waals surface area contributed by atoms with E-state index in [4.69, 9.17) is 9.84 Å². The van der Waals surface area contributed by atoms with E-state index in [0.717, 1.165) is 5.75 Å². The molecule has 1 atom stereocenters. The summed E-state index contributed by atoms with van der Waals surface area (Å²) in [6, 6.07) is 9.07. The van der Waals surface area contributed by atoms with Crippen molar-refractivity contribution in [3.05, 3.63) is 30.3 Å².